The van der Waals surface area contributed by atoms with Gasteiger partial charge >= 0.3 is 0 Å². The zero-order chi connectivity index (χ0) is 17.9. The smallest absolute Gasteiger partial charge is 0.231 e. The molecule has 26 heavy (non-hydrogen) atoms. The first-order valence-electron chi connectivity index (χ1n) is 8.05. The van der Waals surface area contributed by atoms with Crippen molar-refractivity contribution in [1.29, 1.82) is 0 Å². The Balaban J connectivity index is 1.45. The van der Waals surface area contributed by atoms with Crippen LogP contribution in [0.5, 0.6) is 11.6 Å². The number of hydrogen-bond acceptors (Lipinski definition) is 5. The summed E-state index contributed by atoms with van der Waals surface area (Å²) in [5.41, 5.74) is 1.48. The Hall–Kier alpha value is -3.61. The minimum atomic E-state index is -0.143. The maximum atomic E-state index is 12.0. The predicted octanol–water partition coefficient (Wildman–Crippen LogP) is 3.53. The number of nitrogens with zero attached hydrogens (tertiary/aromatic N) is 3. The summed E-state index contributed by atoms with van der Waals surface area (Å²) >= 11 is 0. The summed E-state index contributed by atoms with van der Waals surface area (Å²) in [5, 5.41) is 3.66. The molecule has 0 aliphatic carbocycles. The zero-order valence-corrected chi connectivity index (χ0v) is 14.0. The van der Waals surface area contributed by atoms with Gasteiger partial charge in [0.05, 0.1) is 18.1 Å². The molecule has 3 aromatic heterocycles. The molecule has 7 nitrogen and oxygen atoms in total. The number of furan rings is 1. The summed E-state index contributed by atoms with van der Waals surface area (Å²) in [5.74, 6) is 1.59. The molecule has 7 heteroatoms. The van der Waals surface area contributed by atoms with Crippen LogP contribution in [0.2, 0.25) is 0 Å². The number of anilines is 1. The molecule has 0 fully saturated rings. The van der Waals surface area contributed by atoms with E-state index in [1.165, 1.54) is 6.33 Å². The molecule has 3 heterocycles. The molecule has 0 saturated carbocycles. The number of carbonyl (C=O) groups is 1. The van der Waals surface area contributed by atoms with Crippen LogP contribution in [0.3, 0.4) is 0 Å². The zero-order valence-electron chi connectivity index (χ0n) is 14.0. The van der Waals surface area contributed by atoms with E-state index in [2.05, 4.69) is 15.3 Å². The standard InChI is InChI=1S/C19H16N4O3/c1-23-9-8-16-18(23)20-12-21-19(16)26-14-6-4-13(5-7-14)22-17(24)11-15-3-2-10-25-15/h2-10,12H,11H2,1H3,(H,22,24). The quantitative estimate of drug-likeness (QED) is 0.596. The van der Waals surface area contributed by atoms with Gasteiger partial charge in [0.2, 0.25) is 11.8 Å². The van der Waals surface area contributed by atoms with Gasteiger partial charge in [0.1, 0.15) is 23.5 Å². The van der Waals surface area contributed by atoms with Gasteiger partial charge in [-0.05, 0) is 42.5 Å². The van der Waals surface area contributed by atoms with Crippen LogP contribution in [-0.4, -0.2) is 20.4 Å². The van der Waals surface area contributed by atoms with Gasteiger partial charge in [0.15, 0.2) is 0 Å². The molecule has 1 amide bonds. The number of hydrogen-bond donors (Lipinski definition) is 1. The average Bonchev–Trinajstić information content (AvgIpc) is 3.27. The maximum Gasteiger partial charge on any atom is 0.231 e. The topological polar surface area (TPSA) is 82.2 Å². The summed E-state index contributed by atoms with van der Waals surface area (Å²) in [6.07, 6.45) is 5.12. The first-order valence-corrected chi connectivity index (χ1v) is 8.05. The second-order valence-electron chi connectivity index (χ2n) is 5.77. The Kier molecular flexibility index (Phi) is 4.10. The third kappa shape index (κ3) is 3.27. The fourth-order valence-electron chi connectivity index (χ4n) is 2.63. The van der Waals surface area contributed by atoms with E-state index in [9.17, 15) is 4.79 Å². The fraction of sp³-hybridized carbons (Fsp3) is 0.105. The normalized spacial score (nSPS) is 10.8. The number of nitrogens with one attached hydrogen (secondary N) is 1. The van der Waals surface area contributed by atoms with Gasteiger partial charge in [-0.15, -0.1) is 0 Å². The van der Waals surface area contributed by atoms with E-state index in [4.69, 9.17) is 9.15 Å². The monoisotopic (exact) mass is 348 g/mol. The highest BCUT2D eigenvalue weighted by molar-refractivity contribution is 5.92. The molecule has 4 aromatic rings. The summed E-state index contributed by atoms with van der Waals surface area (Å²) in [7, 11) is 1.92. The lowest BCUT2D eigenvalue weighted by molar-refractivity contribution is -0.115. The number of carbonyl (C=O) groups excluding carboxylic acids is 1. The Labute approximate surface area is 149 Å². The van der Waals surface area contributed by atoms with Gasteiger partial charge in [-0.3, -0.25) is 4.79 Å². The molecule has 130 valence electrons. The molecule has 0 spiro atoms. The van der Waals surface area contributed by atoms with Gasteiger partial charge < -0.3 is 19.0 Å². The molecule has 0 bridgehead atoms. The first-order chi connectivity index (χ1) is 12.7. The van der Waals surface area contributed by atoms with Gasteiger partial charge in [-0.2, -0.15) is 0 Å². The molecular formula is C19H16N4O3. The Morgan fingerprint density at radius 3 is 2.81 bits per heavy atom. The molecule has 4 rings (SSSR count). The van der Waals surface area contributed by atoms with E-state index in [-0.39, 0.29) is 12.3 Å². The van der Waals surface area contributed by atoms with E-state index in [1.807, 2.05) is 23.9 Å². The first kappa shape index (κ1) is 15.9. The van der Waals surface area contributed by atoms with Crippen LogP contribution in [0.4, 0.5) is 5.69 Å². The maximum absolute atomic E-state index is 12.0. The van der Waals surface area contributed by atoms with Crippen LogP contribution in [0, 0.1) is 0 Å². The van der Waals surface area contributed by atoms with E-state index in [0.29, 0.717) is 23.1 Å². The summed E-state index contributed by atoms with van der Waals surface area (Å²) in [6, 6.07) is 12.5. The average molecular weight is 348 g/mol. The number of rotatable bonds is 5. The Bertz CT molecular complexity index is 1040. The Morgan fingerprint density at radius 1 is 1.19 bits per heavy atom. The molecule has 0 atom stereocenters. The van der Waals surface area contributed by atoms with Crippen LogP contribution >= 0.6 is 0 Å². The second-order valence-corrected chi connectivity index (χ2v) is 5.77. The van der Waals surface area contributed by atoms with Crippen molar-refractivity contribution in [1.82, 2.24) is 14.5 Å². The predicted molar refractivity (Wildman–Crippen MR) is 96.1 cm³/mol. The van der Waals surface area contributed by atoms with E-state index < -0.39 is 0 Å². The largest absolute Gasteiger partial charge is 0.469 e. The van der Waals surface area contributed by atoms with E-state index in [1.54, 1.807) is 42.7 Å². The van der Waals surface area contributed by atoms with Crippen molar-refractivity contribution in [2.45, 2.75) is 6.42 Å². The lowest BCUT2D eigenvalue weighted by Gasteiger charge is -2.08. The lowest BCUT2D eigenvalue weighted by atomic mass is 10.2. The van der Waals surface area contributed by atoms with Gasteiger partial charge in [0, 0.05) is 18.9 Å². The number of amides is 1. The number of aryl methyl sites for hydroxylation is 1. The van der Waals surface area contributed by atoms with Gasteiger partial charge in [-0.1, -0.05) is 0 Å². The second kappa shape index (κ2) is 6.72. The highest BCUT2D eigenvalue weighted by Crippen LogP contribution is 2.27. The molecule has 0 radical (unpaired) electrons. The summed E-state index contributed by atoms with van der Waals surface area (Å²) in [4.78, 5) is 20.4. The van der Waals surface area contributed by atoms with Crippen molar-refractivity contribution >= 4 is 22.6 Å². The molecule has 1 aromatic carbocycles. The van der Waals surface area contributed by atoms with Crippen molar-refractivity contribution in [3.8, 4) is 11.6 Å². The van der Waals surface area contributed by atoms with Crippen LogP contribution < -0.4 is 10.1 Å². The Morgan fingerprint density at radius 2 is 2.04 bits per heavy atom. The molecule has 0 aliphatic rings. The van der Waals surface area contributed by atoms with Crippen molar-refractivity contribution < 1.29 is 13.9 Å². The van der Waals surface area contributed by atoms with Crippen LogP contribution in [-0.2, 0) is 18.3 Å². The van der Waals surface area contributed by atoms with Crippen molar-refractivity contribution in [3.05, 3.63) is 67.0 Å². The van der Waals surface area contributed by atoms with Crippen LogP contribution in [0.25, 0.3) is 11.0 Å². The van der Waals surface area contributed by atoms with Crippen molar-refractivity contribution in [2.75, 3.05) is 5.32 Å². The minimum Gasteiger partial charge on any atom is -0.469 e. The molecule has 0 saturated heterocycles. The molecule has 0 unspecified atom stereocenters. The molecular weight excluding hydrogens is 332 g/mol. The molecule has 1 N–H and O–H groups in total. The van der Waals surface area contributed by atoms with E-state index in [0.717, 1.165) is 11.0 Å². The highest BCUT2D eigenvalue weighted by atomic mass is 16.5. The SMILES string of the molecule is Cn1ccc2c(Oc3ccc(NC(=O)Cc4ccco4)cc3)ncnc21. The summed E-state index contributed by atoms with van der Waals surface area (Å²) < 4.78 is 12.9. The number of fused-ring (bicyclic) bond motifs is 1. The fourth-order valence-corrected chi connectivity index (χ4v) is 2.63. The third-order valence-corrected chi connectivity index (χ3v) is 3.89. The number of ether oxygens (including phenoxy) is 1. The van der Waals surface area contributed by atoms with Crippen molar-refractivity contribution in [3.63, 3.8) is 0 Å². The minimum absolute atomic E-state index is 0.143. The number of aromatic nitrogens is 3. The lowest BCUT2D eigenvalue weighted by Crippen LogP contribution is -2.13. The highest BCUT2D eigenvalue weighted by Gasteiger charge is 2.10. The van der Waals surface area contributed by atoms with Crippen molar-refractivity contribution in [2.24, 2.45) is 7.05 Å². The van der Waals surface area contributed by atoms with E-state index >= 15 is 0 Å². The van der Waals surface area contributed by atoms with Crippen LogP contribution in [0.15, 0.2) is 65.7 Å². The van der Waals surface area contributed by atoms with Crippen LogP contribution in [0.1, 0.15) is 5.76 Å². The molecule has 0 aliphatic heterocycles. The summed E-state index contributed by atoms with van der Waals surface area (Å²) in [6.45, 7) is 0. The van der Waals surface area contributed by atoms with Gasteiger partial charge in [0.25, 0.3) is 0 Å². The number of benzene rings is 1. The van der Waals surface area contributed by atoms with Gasteiger partial charge in [-0.25, -0.2) is 9.97 Å². The third-order valence-electron chi connectivity index (χ3n) is 3.89.